The summed E-state index contributed by atoms with van der Waals surface area (Å²) in [4.78, 5) is 10.3. The first-order valence-corrected chi connectivity index (χ1v) is 8.94. The largest absolute Gasteiger partial charge is 0.478 e. The summed E-state index contributed by atoms with van der Waals surface area (Å²) >= 11 is 0. The Morgan fingerprint density at radius 1 is 1.13 bits per heavy atom. The fraction of sp³-hybridized carbons (Fsp3) is 0.737. The van der Waals surface area contributed by atoms with Crippen LogP contribution in [0.1, 0.15) is 51.9 Å². The van der Waals surface area contributed by atoms with Gasteiger partial charge in [-0.05, 0) is 37.5 Å². The molecule has 1 rings (SSSR count). The van der Waals surface area contributed by atoms with E-state index >= 15 is 0 Å². The van der Waals surface area contributed by atoms with Crippen molar-refractivity contribution in [3.63, 3.8) is 0 Å². The third kappa shape index (κ3) is 10.3. The van der Waals surface area contributed by atoms with E-state index in [-0.39, 0.29) is 0 Å². The summed E-state index contributed by atoms with van der Waals surface area (Å²) < 4.78 is 11.3. The maximum Gasteiger partial charge on any atom is 0.327 e. The van der Waals surface area contributed by atoms with Crippen molar-refractivity contribution in [2.75, 3.05) is 26.4 Å². The second kappa shape index (κ2) is 13.3. The first-order valence-electron chi connectivity index (χ1n) is 8.94. The van der Waals surface area contributed by atoms with Crippen molar-refractivity contribution in [1.29, 1.82) is 0 Å². The molecule has 0 amide bonds. The lowest BCUT2D eigenvalue weighted by Crippen LogP contribution is -2.14. The van der Waals surface area contributed by atoms with Gasteiger partial charge in [0.1, 0.15) is 0 Å². The van der Waals surface area contributed by atoms with Gasteiger partial charge in [-0.1, -0.05) is 44.4 Å². The number of allylic oxidation sites excluding steroid dienone is 3. The molecule has 0 radical (unpaired) electrons. The monoisotopic (exact) mass is 324 g/mol. The first-order chi connectivity index (χ1) is 11.2. The first kappa shape index (κ1) is 19.9. The number of rotatable bonds is 13. The Labute approximate surface area is 140 Å². The summed E-state index contributed by atoms with van der Waals surface area (Å²) in [6, 6.07) is 0. The summed E-state index contributed by atoms with van der Waals surface area (Å²) in [5, 5.41) is 8.50. The van der Waals surface area contributed by atoms with Gasteiger partial charge in [0, 0.05) is 25.9 Å². The quantitative estimate of drug-likeness (QED) is 0.313. The highest BCUT2D eigenvalue weighted by atomic mass is 16.5. The highest BCUT2D eigenvalue weighted by molar-refractivity contribution is 5.79. The molecule has 2 atom stereocenters. The van der Waals surface area contributed by atoms with Crippen molar-refractivity contribution in [3.8, 4) is 0 Å². The van der Waals surface area contributed by atoms with Crippen LogP contribution >= 0.6 is 0 Å². The maximum absolute atomic E-state index is 10.3. The van der Waals surface area contributed by atoms with Crippen LogP contribution in [0.15, 0.2) is 24.3 Å². The van der Waals surface area contributed by atoms with Gasteiger partial charge in [-0.15, -0.1) is 0 Å². The molecule has 4 heteroatoms. The number of unbranched alkanes of at least 4 members (excludes halogenated alkanes) is 3. The minimum absolute atomic E-state index is 0.568. The molecule has 0 unspecified atom stereocenters. The normalized spacial score (nSPS) is 21.6. The van der Waals surface area contributed by atoms with E-state index in [0.29, 0.717) is 18.3 Å². The minimum atomic E-state index is -0.891. The van der Waals surface area contributed by atoms with Crippen LogP contribution in [0.5, 0.6) is 0 Å². The fourth-order valence-corrected chi connectivity index (χ4v) is 2.80. The molecule has 0 aromatic heterocycles. The van der Waals surface area contributed by atoms with Crippen LogP contribution in [-0.4, -0.2) is 37.5 Å². The van der Waals surface area contributed by atoms with Gasteiger partial charge in [0.25, 0.3) is 0 Å². The molecule has 0 spiro atoms. The highest BCUT2D eigenvalue weighted by Crippen LogP contribution is 2.27. The second-order valence-electron chi connectivity index (χ2n) is 6.20. The van der Waals surface area contributed by atoms with Crippen molar-refractivity contribution in [3.05, 3.63) is 24.3 Å². The van der Waals surface area contributed by atoms with Gasteiger partial charge in [-0.2, -0.15) is 0 Å². The van der Waals surface area contributed by atoms with E-state index in [9.17, 15) is 4.79 Å². The van der Waals surface area contributed by atoms with E-state index in [0.717, 1.165) is 39.3 Å². The molecule has 0 aliphatic carbocycles. The van der Waals surface area contributed by atoms with Crippen molar-refractivity contribution < 1.29 is 19.4 Å². The number of hydrogen-bond donors (Lipinski definition) is 1. The lowest BCUT2D eigenvalue weighted by atomic mass is 9.90. The molecule has 0 aromatic rings. The van der Waals surface area contributed by atoms with E-state index in [2.05, 4.69) is 13.0 Å². The minimum Gasteiger partial charge on any atom is -0.478 e. The van der Waals surface area contributed by atoms with Crippen LogP contribution in [0.4, 0.5) is 0 Å². The van der Waals surface area contributed by atoms with E-state index in [1.54, 1.807) is 6.08 Å². The Balaban J connectivity index is 2.09. The fourth-order valence-electron chi connectivity index (χ4n) is 2.80. The highest BCUT2D eigenvalue weighted by Gasteiger charge is 2.26. The van der Waals surface area contributed by atoms with Crippen molar-refractivity contribution in [1.82, 2.24) is 0 Å². The summed E-state index contributed by atoms with van der Waals surface area (Å²) in [6.45, 7) is 5.61. The second-order valence-corrected chi connectivity index (χ2v) is 6.20. The molecular weight excluding hydrogens is 292 g/mol. The predicted molar refractivity (Wildman–Crippen MR) is 92.5 cm³/mol. The van der Waals surface area contributed by atoms with Gasteiger partial charge in [-0.3, -0.25) is 0 Å². The molecular formula is C19H32O4. The summed E-state index contributed by atoms with van der Waals surface area (Å²) in [6.07, 6.45) is 14.8. The van der Waals surface area contributed by atoms with Gasteiger partial charge in [-0.25, -0.2) is 4.79 Å². The Bertz CT molecular complexity index is 362. The van der Waals surface area contributed by atoms with Gasteiger partial charge in [0.2, 0.25) is 0 Å². The van der Waals surface area contributed by atoms with Crippen molar-refractivity contribution in [2.45, 2.75) is 51.9 Å². The van der Waals surface area contributed by atoms with E-state index < -0.39 is 5.97 Å². The number of hydrogen-bond acceptors (Lipinski definition) is 3. The van der Waals surface area contributed by atoms with E-state index in [1.807, 2.05) is 6.08 Å². The molecule has 132 valence electrons. The third-order valence-electron chi connectivity index (χ3n) is 4.24. The zero-order chi connectivity index (χ0) is 16.8. The molecule has 1 saturated heterocycles. The Morgan fingerprint density at radius 2 is 1.96 bits per heavy atom. The molecule has 0 aromatic carbocycles. The molecule has 0 saturated carbocycles. The van der Waals surface area contributed by atoms with Gasteiger partial charge in [0.15, 0.2) is 0 Å². The molecule has 1 fully saturated rings. The van der Waals surface area contributed by atoms with Crippen LogP contribution in [0, 0.1) is 11.8 Å². The number of carboxylic acid groups (broad SMARTS) is 1. The van der Waals surface area contributed by atoms with Crippen LogP contribution < -0.4 is 0 Å². The molecule has 1 aliphatic heterocycles. The summed E-state index contributed by atoms with van der Waals surface area (Å²) in [7, 11) is 0. The molecule has 4 nitrogen and oxygen atoms in total. The molecule has 23 heavy (non-hydrogen) atoms. The van der Waals surface area contributed by atoms with Gasteiger partial charge in [0.05, 0.1) is 6.61 Å². The zero-order valence-electron chi connectivity index (χ0n) is 14.4. The smallest absolute Gasteiger partial charge is 0.327 e. The SMILES string of the molecule is CCCCCCOCC[C@@H]1COC[C@@H]1CC=CCC=CC(=O)O. The standard InChI is InChI=1S/C19H32O4/c1-2-3-4-9-13-22-14-12-18-16-23-15-17(18)10-7-5-6-8-11-19(20)21/h5,7-8,11,17-18H,2-4,6,9-10,12-16H2,1H3,(H,20,21)/t17-,18+/m0/s1. The number of carbonyl (C=O) groups is 1. The molecule has 1 N–H and O–H groups in total. The number of carboxylic acids is 1. The summed E-state index contributed by atoms with van der Waals surface area (Å²) in [5.41, 5.74) is 0. The van der Waals surface area contributed by atoms with Gasteiger partial charge < -0.3 is 14.6 Å². The number of ether oxygens (including phenoxy) is 2. The summed E-state index contributed by atoms with van der Waals surface area (Å²) in [5.74, 6) is 0.264. The van der Waals surface area contributed by atoms with E-state index in [4.69, 9.17) is 14.6 Å². The van der Waals surface area contributed by atoms with Crippen molar-refractivity contribution >= 4 is 5.97 Å². The Morgan fingerprint density at radius 3 is 2.74 bits per heavy atom. The molecule has 1 aliphatic rings. The lowest BCUT2D eigenvalue weighted by Gasteiger charge is -2.15. The predicted octanol–water partition coefficient (Wildman–Crippen LogP) is 4.21. The molecule has 0 bridgehead atoms. The average Bonchev–Trinajstić information content (AvgIpc) is 2.97. The Kier molecular flexibility index (Phi) is 11.5. The van der Waals surface area contributed by atoms with Gasteiger partial charge >= 0.3 is 5.97 Å². The van der Waals surface area contributed by atoms with Crippen LogP contribution in [0.3, 0.4) is 0 Å². The molecule has 1 heterocycles. The topological polar surface area (TPSA) is 55.8 Å². The third-order valence-corrected chi connectivity index (χ3v) is 4.24. The van der Waals surface area contributed by atoms with Crippen LogP contribution in [0.25, 0.3) is 0 Å². The zero-order valence-corrected chi connectivity index (χ0v) is 14.4. The van der Waals surface area contributed by atoms with Crippen LogP contribution in [-0.2, 0) is 14.3 Å². The van der Waals surface area contributed by atoms with Crippen LogP contribution in [0.2, 0.25) is 0 Å². The maximum atomic E-state index is 10.3. The Hall–Kier alpha value is -1.13. The number of aliphatic carboxylic acids is 1. The average molecular weight is 324 g/mol. The van der Waals surface area contributed by atoms with Crippen molar-refractivity contribution in [2.24, 2.45) is 11.8 Å². The van der Waals surface area contributed by atoms with E-state index in [1.165, 1.54) is 31.8 Å². The lowest BCUT2D eigenvalue weighted by molar-refractivity contribution is -0.131.